The Morgan fingerprint density at radius 2 is 1.07 bits per heavy atom. The van der Waals surface area contributed by atoms with Crippen molar-refractivity contribution in [1.82, 2.24) is 0 Å². The van der Waals surface area contributed by atoms with Crippen LogP contribution in [0.4, 0.5) is 0 Å². The highest BCUT2D eigenvalue weighted by Crippen LogP contribution is 2.26. The largest absolute Gasteiger partial charge is 0.859 e. The normalized spacial score (nSPS) is 29.1. The number of rotatable bonds is 6. The molecule has 0 unspecified atom stereocenters. The Balaban J connectivity index is 0.000000247. The maximum Gasteiger partial charge on any atom is 0.394 e. The third-order valence-corrected chi connectivity index (χ3v) is 5.79. The zero-order chi connectivity index (χ0) is 31.1. The number of pyridine rings is 2. The molecule has 0 saturated carbocycles. The number of nitrogens with one attached hydrogen (secondary N) is 2. The molecule has 18 nitrogen and oxygen atoms in total. The first-order valence-corrected chi connectivity index (χ1v) is 13.0. The summed E-state index contributed by atoms with van der Waals surface area (Å²) < 4.78 is 45.0. The fraction of sp³-hybridized carbons (Fsp3) is 0.455. The SMILES string of the molecule is N=C([O-])c1ccc[n+]([C@@H]2O[C@H](CO)[C@@H](O)[C@H]2O)c1.N=C([O-])c1ccc[n+]([C@@H]2O[C@H](CO)[C@@H](O)[C@H]2O)c1.O=S(=O)(O)O. The van der Waals surface area contributed by atoms with Crippen LogP contribution in [0.15, 0.2) is 49.1 Å². The summed E-state index contributed by atoms with van der Waals surface area (Å²) in [6.45, 7) is -0.821. The van der Waals surface area contributed by atoms with Crippen molar-refractivity contribution in [2.45, 2.75) is 49.1 Å². The van der Waals surface area contributed by atoms with Gasteiger partial charge in [-0.05, 0) is 23.9 Å². The summed E-state index contributed by atoms with van der Waals surface area (Å²) in [5.41, 5.74) is 0.297. The van der Waals surface area contributed by atoms with Crippen LogP contribution in [-0.4, -0.2) is 110 Å². The van der Waals surface area contributed by atoms with Gasteiger partial charge in [0.05, 0.1) is 13.2 Å². The summed E-state index contributed by atoms with van der Waals surface area (Å²) >= 11 is 0. The molecule has 0 aromatic carbocycles. The highest BCUT2D eigenvalue weighted by molar-refractivity contribution is 7.79. The summed E-state index contributed by atoms with van der Waals surface area (Å²) in [5, 5.41) is 92.7. The molecule has 0 amide bonds. The fourth-order valence-electron chi connectivity index (χ4n) is 3.82. The fourth-order valence-corrected chi connectivity index (χ4v) is 3.82. The van der Waals surface area contributed by atoms with Crippen LogP contribution in [0.2, 0.25) is 0 Å². The molecule has 10 N–H and O–H groups in total. The number of aliphatic hydroxyl groups excluding tert-OH is 6. The maximum atomic E-state index is 10.9. The third kappa shape index (κ3) is 9.41. The Hall–Kier alpha value is -3.21. The molecule has 0 radical (unpaired) electrons. The molecule has 0 bridgehead atoms. The molecule has 228 valence electrons. The highest BCUT2D eigenvalue weighted by atomic mass is 32.3. The second-order valence-corrected chi connectivity index (χ2v) is 9.54. The quantitative estimate of drug-likeness (QED) is 0.0633. The number of hydrogen-bond donors (Lipinski definition) is 10. The van der Waals surface area contributed by atoms with Crippen molar-refractivity contribution in [3.8, 4) is 0 Å². The molecular weight excluding hydrogens is 576 g/mol. The standard InChI is InChI=1S/2C11H14N2O5.H2O4S/c2*12-10(17)6-2-1-3-13(4-6)11-9(16)8(15)7(5-14)18-11;1-5(2,3)4/h2*1-4,7-9,11,14-16H,5H2,(H-,12,17);(H2,1,2,3,4)/t2*7-,8-,9-,11-;/m11./s1. The molecule has 41 heavy (non-hydrogen) atoms. The van der Waals surface area contributed by atoms with Gasteiger partial charge in [0.1, 0.15) is 24.4 Å². The zero-order valence-electron chi connectivity index (χ0n) is 21.0. The van der Waals surface area contributed by atoms with Crippen LogP contribution >= 0.6 is 0 Å². The summed E-state index contributed by atoms with van der Waals surface area (Å²) in [4.78, 5) is 0. The number of nitrogens with zero attached hydrogens (tertiary/aromatic N) is 2. The molecule has 4 rings (SSSR count). The predicted molar refractivity (Wildman–Crippen MR) is 127 cm³/mol. The monoisotopic (exact) mass is 606 g/mol. The minimum absolute atomic E-state index is 0.148. The molecule has 2 aromatic heterocycles. The molecule has 4 heterocycles. The van der Waals surface area contributed by atoms with Crippen molar-refractivity contribution in [2.75, 3.05) is 13.2 Å². The smallest absolute Gasteiger partial charge is 0.394 e. The lowest BCUT2D eigenvalue weighted by atomic mass is 10.1. The second kappa shape index (κ2) is 14.6. The van der Waals surface area contributed by atoms with E-state index >= 15 is 0 Å². The molecule has 2 aromatic rings. The lowest BCUT2D eigenvalue weighted by Gasteiger charge is -2.11. The van der Waals surface area contributed by atoms with Crippen LogP contribution in [-0.2, 0) is 19.9 Å². The van der Waals surface area contributed by atoms with Gasteiger partial charge in [0.15, 0.2) is 37.0 Å². The minimum atomic E-state index is -4.67. The van der Waals surface area contributed by atoms with Crippen molar-refractivity contribution >= 4 is 22.2 Å². The lowest BCUT2D eigenvalue weighted by Crippen LogP contribution is -2.46. The second-order valence-electron chi connectivity index (χ2n) is 8.64. The number of hydrogen-bond acceptors (Lipinski definition) is 14. The van der Waals surface area contributed by atoms with E-state index in [1.165, 1.54) is 45.8 Å². The van der Waals surface area contributed by atoms with Crippen molar-refractivity contribution in [3.63, 3.8) is 0 Å². The van der Waals surface area contributed by atoms with Gasteiger partial charge in [-0.1, -0.05) is 0 Å². The van der Waals surface area contributed by atoms with Crippen molar-refractivity contribution in [3.05, 3.63) is 60.2 Å². The van der Waals surface area contributed by atoms with Crippen molar-refractivity contribution in [1.29, 1.82) is 10.8 Å². The molecule has 8 atom stereocenters. The highest BCUT2D eigenvalue weighted by Gasteiger charge is 2.48. The van der Waals surface area contributed by atoms with Gasteiger partial charge in [-0.2, -0.15) is 17.6 Å². The molecule has 0 spiro atoms. The van der Waals surface area contributed by atoms with Crippen molar-refractivity contribution in [2.24, 2.45) is 0 Å². The molecule has 19 heteroatoms. The number of aliphatic hydroxyl groups is 6. The Morgan fingerprint density at radius 1 is 0.756 bits per heavy atom. The summed E-state index contributed by atoms with van der Waals surface area (Å²) in [6.07, 6.45) is -2.50. The van der Waals surface area contributed by atoms with Gasteiger partial charge >= 0.3 is 10.4 Å². The minimum Gasteiger partial charge on any atom is -0.859 e. The maximum absolute atomic E-state index is 10.9. The molecule has 2 fully saturated rings. The van der Waals surface area contributed by atoms with Crippen LogP contribution in [0, 0.1) is 10.8 Å². The van der Waals surface area contributed by atoms with E-state index < -0.39 is 84.5 Å². The molecule has 0 aliphatic carbocycles. The van der Waals surface area contributed by atoms with E-state index in [-0.39, 0.29) is 11.1 Å². The van der Waals surface area contributed by atoms with Crippen LogP contribution in [0.3, 0.4) is 0 Å². The Morgan fingerprint density at radius 3 is 1.32 bits per heavy atom. The summed E-state index contributed by atoms with van der Waals surface area (Å²) in [6, 6.07) is 6.01. The van der Waals surface area contributed by atoms with Gasteiger partial charge in [-0.3, -0.25) is 9.11 Å². The van der Waals surface area contributed by atoms with E-state index in [0.717, 1.165) is 0 Å². The van der Waals surface area contributed by atoms with Crippen LogP contribution < -0.4 is 19.3 Å². The van der Waals surface area contributed by atoms with Gasteiger partial charge in [-0.15, -0.1) is 0 Å². The van der Waals surface area contributed by atoms with Gasteiger partial charge in [0.2, 0.25) is 0 Å². The van der Waals surface area contributed by atoms with Gasteiger partial charge < -0.3 is 61.1 Å². The van der Waals surface area contributed by atoms with Gasteiger partial charge in [-0.25, -0.2) is 0 Å². The molecular formula is C22H30N4O14S. The Bertz CT molecular complexity index is 1210. The van der Waals surface area contributed by atoms with Gasteiger partial charge in [0.25, 0.3) is 12.5 Å². The van der Waals surface area contributed by atoms with E-state index in [1.54, 1.807) is 12.4 Å². The van der Waals surface area contributed by atoms with E-state index in [4.69, 9.17) is 48.0 Å². The van der Waals surface area contributed by atoms with Gasteiger partial charge in [0, 0.05) is 23.3 Å². The predicted octanol–water partition coefficient (Wildman–Crippen LogP) is -6.11. The van der Waals surface area contributed by atoms with Crippen LogP contribution in [0.25, 0.3) is 0 Å². The third-order valence-electron chi connectivity index (χ3n) is 5.79. The number of aromatic nitrogens is 2. The average Bonchev–Trinajstić information content (AvgIpc) is 3.37. The van der Waals surface area contributed by atoms with Crippen LogP contribution in [0.1, 0.15) is 23.6 Å². The van der Waals surface area contributed by atoms with E-state index in [9.17, 15) is 30.6 Å². The molecule has 2 aliphatic heterocycles. The van der Waals surface area contributed by atoms with Crippen molar-refractivity contribution < 1.29 is 77.0 Å². The average molecular weight is 607 g/mol. The lowest BCUT2D eigenvalue weighted by molar-refractivity contribution is -0.766. The Labute approximate surface area is 232 Å². The topological polar surface area (TPSA) is 316 Å². The van der Waals surface area contributed by atoms with Crippen LogP contribution in [0.5, 0.6) is 0 Å². The first-order chi connectivity index (χ1) is 19.1. The van der Waals surface area contributed by atoms with E-state index in [0.29, 0.717) is 0 Å². The number of ether oxygens (including phenoxy) is 2. The first kappa shape index (κ1) is 34.0. The Kier molecular flexibility index (Phi) is 12.1. The van der Waals surface area contributed by atoms with E-state index in [1.807, 2.05) is 0 Å². The molecule has 2 aliphatic rings. The zero-order valence-corrected chi connectivity index (χ0v) is 21.8. The molecule has 2 saturated heterocycles. The van der Waals surface area contributed by atoms with E-state index in [2.05, 4.69) is 0 Å². The summed E-state index contributed by atoms with van der Waals surface area (Å²) in [5.74, 6) is -1.70. The first-order valence-electron chi connectivity index (χ1n) is 11.6. The summed E-state index contributed by atoms with van der Waals surface area (Å²) in [7, 11) is -4.67.